The number of hydrogen-bond donors (Lipinski definition) is 2. The molecule has 2 aliphatic rings. The zero-order valence-corrected chi connectivity index (χ0v) is 19.0. The maximum absolute atomic E-state index is 14.9. The van der Waals surface area contributed by atoms with E-state index in [2.05, 4.69) is 16.3 Å². The van der Waals surface area contributed by atoms with E-state index in [9.17, 15) is 14.4 Å². The SMILES string of the molecule is CC1(C)CC(=O)C2=C(C1)N(c1cc(-c3ccccc3)[nH]n1)C(N)=C(C#N)C2c1ccccc1F. The number of ketones is 1. The highest BCUT2D eigenvalue weighted by molar-refractivity contribution is 6.01. The Balaban J connectivity index is 1.73. The van der Waals surface area contributed by atoms with Gasteiger partial charge in [-0.3, -0.25) is 14.8 Å². The van der Waals surface area contributed by atoms with Crippen LogP contribution in [0.1, 0.15) is 38.2 Å². The zero-order chi connectivity index (χ0) is 24.0. The number of carbonyl (C=O) groups is 1. The van der Waals surface area contributed by atoms with Crippen molar-refractivity contribution >= 4 is 11.6 Å². The Kier molecular flexibility index (Phi) is 5.09. The summed E-state index contributed by atoms with van der Waals surface area (Å²) in [5.41, 5.74) is 9.49. The van der Waals surface area contributed by atoms with E-state index < -0.39 is 11.7 Å². The van der Waals surface area contributed by atoms with Crippen LogP contribution in [-0.4, -0.2) is 16.0 Å². The Labute approximate surface area is 197 Å². The molecule has 3 N–H and O–H groups in total. The number of carbonyl (C=O) groups excluding carboxylic acids is 1. The van der Waals surface area contributed by atoms with Gasteiger partial charge in [0, 0.05) is 29.3 Å². The number of rotatable bonds is 3. The van der Waals surface area contributed by atoms with Crippen molar-refractivity contribution in [1.29, 1.82) is 5.26 Å². The van der Waals surface area contributed by atoms with Crippen LogP contribution in [0.5, 0.6) is 0 Å². The number of nitrogens with two attached hydrogens (primary N) is 1. The molecule has 5 rings (SSSR count). The van der Waals surface area contributed by atoms with Gasteiger partial charge in [0.2, 0.25) is 0 Å². The van der Waals surface area contributed by atoms with Crippen LogP contribution < -0.4 is 10.6 Å². The molecule has 170 valence electrons. The van der Waals surface area contributed by atoms with Crippen molar-refractivity contribution in [1.82, 2.24) is 10.2 Å². The van der Waals surface area contributed by atoms with Crippen molar-refractivity contribution in [3.8, 4) is 17.3 Å². The maximum atomic E-state index is 14.9. The Hall–Kier alpha value is -4.18. The molecule has 1 unspecified atom stereocenters. The molecule has 7 heteroatoms. The van der Waals surface area contributed by atoms with Crippen molar-refractivity contribution in [2.45, 2.75) is 32.6 Å². The van der Waals surface area contributed by atoms with Crippen LogP contribution in [0.25, 0.3) is 11.3 Å². The average molecular weight is 454 g/mol. The summed E-state index contributed by atoms with van der Waals surface area (Å²) in [6, 6.07) is 20.0. The second-order valence-electron chi connectivity index (χ2n) is 9.51. The normalized spacial score (nSPS) is 19.8. The molecule has 1 aliphatic heterocycles. The summed E-state index contributed by atoms with van der Waals surface area (Å²) in [5.74, 6) is -0.797. The lowest BCUT2D eigenvalue weighted by molar-refractivity contribution is -0.118. The quantitative estimate of drug-likeness (QED) is 0.571. The highest BCUT2D eigenvalue weighted by Gasteiger charge is 2.45. The number of aromatic amines is 1. The van der Waals surface area contributed by atoms with E-state index in [-0.39, 0.29) is 28.2 Å². The Morgan fingerprint density at radius 2 is 1.85 bits per heavy atom. The van der Waals surface area contributed by atoms with Gasteiger partial charge in [-0.1, -0.05) is 62.4 Å². The number of benzene rings is 2. The molecule has 0 bridgehead atoms. The van der Waals surface area contributed by atoms with Gasteiger partial charge in [0.25, 0.3) is 0 Å². The number of halogens is 1. The lowest BCUT2D eigenvalue weighted by atomic mass is 9.68. The fourth-order valence-electron chi connectivity index (χ4n) is 4.98. The Morgan fingerprint density at radius 1 is 1.15 bits per heavy atom. The molecule has 0 radical (unpaired) electrons. The van der Waals surface area contributed by atoms with Gasteiger partial charge in [-0.2, -0.15) is 10.4 Å². The van der Waals surface area contributed by atoms with Gasteiger partial charge in [-0.15, -0.1) is 0 Å². The molecular weight excluding hydrogens is 429 g/mol. The fourth-order valence-corrected chi connectivity index (χ4v) is 4.98. The third kappa shape index (κ3) is 3.48. The lowest BCUT2D eigenvalue weighted by Gasteiger charge is -2.43. The predicted molar refractivity (Wildman–Crippen MR) is 128 cm³/mol. The molecule has 0 saturated carbocycles. The molecule has 1 atom stereocenters. The van der Waals surface area contributed by atoms with Gasteiger partial charge in [0.15, 0.2) is 11.6 Å². The molecule has 0 saturated heterocycles. The largest absolute Gasteiger partial charge is 0.384 e. The summed E-state index contributed by atoms with van der Waals surface area (Å²) in [6.45, 7) is 4.04. The van der Waals surface area contributed by atoms with Gasteiger partial charge in [0.05, 0.1) is 23.3 Å². The summed E-state index contributed by atoms with van der Waals surface area (Å²) in [6.07, 6.45) is 0.838. The monoisotopic (exact) mass is 453 g/mol. The third-order valence-corrected chi connectivity index (χ3v) is 6.48. The highest BCUT2D eigenvalue weighted by atomic mass is 19.1. The summed E-state index contributed by atoms with van der Waals surface area (Å²) in [7, 11) is 0. The van der Waals surface area contributed by atoms with Gasteiger partial charge >= 0.3 is 0 Å². The summed E-state index contributed by atoms with van der Waals surface area (Å²) in [4.78, 5) is 15.2. The molecule has 0 spiro atoms. The second-order valence-corrected chi connectivity index (χ2v) is 9.51. The molecule has 6 nitrogen and oxygen atoms in total. The van der Waals surface area contributed by atoms with Crippen molar-refractivity contribution in [2.75, 3.05) is 4.90 Å². The van der Waals surface area contributed by atoms with Crippen molar-refractivity contribution < 1.29 is 9.18 Å². The summed E-state index contributed by atoms with van der Waals surface area (Å²) < 4.78 is 14.9. The maximum Gasteiger partial charge on any atom is 0.162 e. The topological polar surface area (TPSA) is 98.8 Å². The van der Waals surface area contributed by atoms with E-state index in [0.717, 1.165) is 11.3 Å². The average Bonchev–Trinajstić information content (AvgIpc) is 3.28. The molecule has 2 heterocycles. The molecule has 34 heavy (non-hydrogen) atoms. The number of aromatic nitrogens is 2. The number of H-pyrrole nitrogens is 1. The van der Waals surface area contributed by atoms with Crippen molar-refractivity contribution in [3.63, 3.8) is 0 Å². The fraction of sp³-hybridized carbons (Fsp3) is 0.222. The number of nitrogens with zero attached hydrogens (tertiary/aromatic N) is 3. The van der Waals surface area contributed by atoms with Crippen molar-refractivity contribution in [2.24, 2.45) is 11.1 Å². The van der Waals surface area contributed by atoms with E-state index >= 15 is 0 Å². The van der Waals surface area contributed by atoms with Crippen LogP contribution in [0, 0.1) is 22.6 Å². The van der Waals surface area contributed by atoms with E-state index in [0.29, 0.717) is 29.9 Å². The first-order valence-electron chi connectivity index (χ1n) is 11.1. The first-order chi connectivity index (χ1) is 16.3. The first kappa shape index (κ1) is 21.7. The number of anilines is 1. The number of hydrogen-bond acceptors (Lipinski definition) is 5. The van der Waals surface area contributed by atoms with Gasteiger partial charge in [0.1, 0.15) is 11.6 Å². The number of nitriles is 1. The van der Waals surface area contributed by atoms with E-state index in [1.54, 1.807) is 23.1 Å². The smallest absolute Gasteiger partial charge is 0.162 e. The van der Waals surface area contributed by atoms with Crippen LogP contribution in [0.15, 0.2) is 83.3 Å². The molecule has 1 aliphatic carbocycles. The molecular formula is C27H24FN5O. The lowest BCUT2D eigenvalue weighted by Crippen LogP contribution is -2.42. The van der Waals surface area contributed by atoms with Gasteiger partial charge in [-0.05, 0) is 23.5 Å². The van der Waals surface area contributed by atoms with Crippen molar-refractivity contribution in [3.05, 3.63) is 94.7 Å². The van der Waals surface area contributed by atoms with Crippen LogP contribution in [0.2, 0.25) is 0 Å². The minimum atomic E-state index is -0.853. The Morgan fingerprint density at radius 3 is 2.56 bits per heavy atom. The second kappa shape index (κ2) is 7.99. The Bertz CT molecular complexity index is 1390. The van der Waals surface area contributed by atoms with E-state index in [4.69, 9.17) is 5.73 Å². The van der Waals surface area contributed by atoms with E-state index in [1.807, 2.05) is 50.2 Å². The minimum Gasteiger partial charge on any atom is -0.384 e. The number of Topliss-reactive ketones (excluding diaryl/α,β-unsaturated/α-hetero) is 1. The minimum absolute atomic E-state index is 0.108. The van der Waals surface area contributed by atoms with Gasteiger partial charge in [-0.25, -0.2) is 4.39 Å². The van der Waals surface area contributed by atoms with Crippen LogP contribution in [0.3, 0.4) is 0 Å². The third-order valence-electron chi connectivity index (χ3n) is 6.48. The number of nitrogens with one attached hydrogen (secondary N) is 1. The first-order valence-corrected chi connectivity index (χ1v) is 11.1. The molecule has 3 aromatic rings. The predicted octanol–water partition coefficient (Wildman–Crippen LogP) is 5.16. The van der Waals surface area contributed by atoms with Crippen LogP contribution >= 0.6 is 0 Å². The molecule has 0 fully saturated rings. The van der Waals surface area contributed by atoms with Gasteiger partial charge < -0.3 is 5.73 Å². The van der Waals surface area contributed by atoms with E-state index in [1.165, 1.54) is 6.07 Å². The zero-order valence-electron chi connectivity index (χ0n) is 19.0. The summed E-state index contributed by atoms with van der Waals surface area (Å²) in [5, 5.41) is 17.6. The molecule has 1 aromatic heterocycles. The molecule has 2 aromatic carbocycles. The summed E-state index contributed by atoms with van der Waals surface area (Å²) >= 11 is 0. The highest BCUT2D eigenvalue weighted by Crippen LogP contribution is 2.50. The number of allylic oxidation sites excluding steroid dienone is 3. The standard InChI is InChI=1S/C27H24FN5O/c1-27(2)13-21-25(22(34)14-27)24(17-10-6-7-11-19(17)28)18(15-29)26(30)33(21)23-12-20(31-32-23)16-8-4-3-5-9-16/h3-12,24H,13-14,30H2,1-2H3,(H,31,32). The van der Waals surface area contributed by atoms with Crippen LogP contribution in [0.4, 0.5) is 10.2 Å². The molecule has 0 amide bonds. The van der Waals surface area contributed by atoms with Crippen LogP contribution in [-0.2, 0) is 4.79 Å².